The number of piperidine rings is 1. The summed E-state index contributed by atoms with van der Waals surface area (Å²) in [4.78, 5) is 32.5. The lowest BCUT2D eigenvalue weighted by atomic mass is 9.90. The number of esters is 1. The van der Waals surface area contributed by atoms with Crippen LogP contribution in [0.4, 0.5) is 17.1 Å². The number of nitrogens with zero attached hydrogens (tertiary/aromatic N) is 3. The third-order valence-electron chi connectivity index (χ3n) is 7.50. The molecule has 2 heterocycles. The predicted molar refractivity (Wildman–Crippen MR) is 161 cm³/mol. The zero-order valence-corrected chi connectivity index (χ0v) is 24.1. The molecular weight excluding hydrogens is 540 g/mol. The van der Waals surface area contributed by atoms with Gasteiger partial charge in [0, 0.05) is 18.8 Å². The zero-order chi connectivity index (χ0) is 29.0. The van der Waals surface area contributed by atoms with Crippen LogP contribution in [0.3, 0.4) is 0 Å². The van der Waals surface area contributed by atoms with Gasteiger partial charge in [0.25, 0.3) is 0 Å². The maximum Gasteiger partial charge on any atom is 0.337 e. The van der Waals surface area contributed by atoms with Crippen LogP contribution in [0.15, 0.2) is 77.8 Å². The fraction of sp³-hybridized carbons (Fsp3) is 0.323. The summed E-state index contributed by atoms with van der Waals surface area (Å²) in [5, 5.41) is 2.88. The average molecular weight is 575 g/mol. The molecule has 0 aliphatic carbocycles. The maximum atomic E-state index is 13.3. The summed E-state index contributed by atoms with van der Waals surface area (Å²) in [6, 6.07) is 21.5. The molecule has 1 atom stereocenters. The standard InChI is InChI=1S/C31H34N4O5S/c1-40-31(37)23-11-16-26-27(21-23)33-30(36)28(26)29(22-9-5-3-6-10-22)32-24-12-14-25(15-13-24)35(41(2,38)39)20-19-34-17-7-4-8-18-34/h3,5-6,9-16,21,28H,4,7-8,17-20H2,1-2H3,(H,33,36). The first-order valence-electron chi connectivity index (χ1n) is 13.7. The van der Waals surface area contributed by atoms with Crippen LogP contribution in [-0.4, -0.2) is 70.5 Å². The summed E-state index contributed by atoms with van der Waals surface area (Å²) in [7, 11) is -2.17. The highest BCUT2D eigenvalue weighted by Gasteiger charge is 2.36. The Kier molecular flexibility index (Phi) is 8.51. The topological polar surface area (TPSA) is 108 Å². The van der Waals surface area contributed by atoms with Gasteiger partial charge < -0.3 is 15.0 Å². The van der Waals surface area contributed by atoms with Crippen molar-refractivity contribution in [1.82, 2.24) is 4.90 Å². The molecule has 41 heavy (non-hydrogen) atoms. The fourth-order valence-corrected chi connectivity index (χ4v) is 6.34. The average Bonchev–Trinajstić information content (AvgIpc) is 3.31. The van der Waals surface area contributed by atoms with E-state index in [1.807, 2.05) is 30.3 Å². The highest BCUT2D eigenvalue weighted by atomic mass is 32.2. The molecule has 1 unspecified atom stereocenters. The molecule has 2 aliphatic rings. The molecule has 2 aliphatic heterocycles. The van der Waals surface area contributed by atoms with Crippen LogP contribution < -0.4 is 9.62 Å². The van der Waals surface area contributed by atoms with Gasteiger partial charge in [-0.1, -0.05) is 42.8 Å². The Morgan fingerprint density at radius 2 is 1.71 bits per heavy atom. The van der Waals surface area contributed by atoms with Crippen molar-refractivity contribution >= 4 is 44.7 Å². The van der Waals surface area contributed by atoms with Crippen LogP contribution in [0.1, 0.15) is 46.7 Å². The monoisotopic (exact) mass is 574 g/mol. The van der Waals surface area contributed by atoms with E-state index in [0.29, 0.717) is 47.0 Å². The lowest BCUT2D eigenvalue weighted by Gasteiger charge is -2.30. The fourth-order valence-electron chi connectivity index (χ4n) is 5.42. The number of rotatable bonds is 9. The van der Waals surface area contributed by atoms with E-state index >= 15 is 0 Å². The first-order valence-corrected chi connectivity index (χ1v) is 15.6. The normalized spacial score (nSPS) is 17.6. The second kappa shape index (κ2) is 12.2. The second-order valence-electron chi connectivity index (χ2n) is 10.3. The van der Waals surface area contributed by atoms with Gasteiger partial charge >= 0.3 is 5.97 Å². The summed E-state index contributed by atoms with van der Waals surface area (Å²) in [6.45, 7) is 3.05. The van der Waals surface area contributed by atoms with E-state index in [0.717, 1.165) is 31.5 Å². The van der Waals surface area contributed by atoms with Crippen LogP contribution in [0, 0.1) is 0 Å². The number of methoxy groups -OCH3 is 1. The molecule has 1 fully saturated rings. The number of amides is 1. The zero-order valence-electron chi connectivity index (χ0n) is 23.2. The largest absolute Gasteiger partial charge is 0.465 e. The first kappa shape index (κ1) is 28.5. The molecule has 0 spiro atoms. The van der Waals surface area contributed by atoms with Crippen molar-refractivity contribution in [3.05, 3.63) is 89.5 Å². The third kappa shape index (κ3) is 6.49. The maximum absolute atomic E-state index is 13.3. The van der Waals surface area contributed by atoms with E-state index in [2.05, 4.69) is 10.2 Å². The van der Waals surface area contributed by atoms with Crippen molar-refractivity contribution in [2.75, 3.05) is 49.2 Å². The molecule has 1 saturated heterocycles. The lowest BCUT2D eigenvalue weighted by Crippen LogP contribution is -2.40. The van der Waals surface area contributed by atoms with Gasteiger partial charge in [-0.05, 0) is 73.5 Å². The number of aliphatic imine (C=N–C) groups is 1. The van der Waals surface area contributed by atoms with Gasteiger partial charge in [0.15, 0.2) is 0 Å². The van der Waals surface area contributed by atoms with Crippen molar-refractivity contribution in [2.24, 2.45) is 4.99 Å². The number of ether oxygens (including phenoxy) is 1. The quantitative estimate of drug-likeness (QED) is 0.296. The molecule has 9 nitrogen and oxygen atoms in total. The highest BCUT2D eigenvalue weighted by Crippen LogP contribution is 2.37. The summed E-state index contributed by atoms with van der Waals surface area (Å²) < 4.78 is 31.6. The summed E-state index contributed by atoms with van der Waals surface area (Å²) in [5.74, 6) is -1.43. The van der Waals surface area contributed by atoms with Gasteiger partial charge in [0.2, 0.25) is 15.9 Å². The number of hydrogen-bond acceptors (Lipinski definition) is 7. The van der Waals surface area contributed by atoms with Crippen LogP contribution in [0.5, 0.6) is 0 Å². The molecule has 3 aromatic rings. The Hall–Kier alpha value is -4.02. The van der Waals surface area contributed by atoms with Crippen LogP contribution >= 0.6 is 0 Å². The number of anilines is 2. The van der Waals surface area contributed by atoms with Crippen molar-refractivity contribution in [1.29, 1.82) is 0 Å². The van der Waals surface area contributed by atoms with Crippen molar-refractivity contribution in [3.63, 3.8) is 0 Å². The summed E-state index contributed by atoms with van der Waals surface area (Å²) >= 11 is 0. The molecule has 0 radical (unpaired) electrons. The van der Waals surface area contributed by atoms with Gasteiger partial charge in [-0.25, -0.2) is 13.2 Å². The third-order valence-corrected chi connectivity index (χ3v) is 8.70. The predicted octanol–water partition coefficient (Wildman–Crippen LogP) is 4.58. The number of sulfonamides is 1. The number of benzene rings is 3. The minimum Gasteiger partial charge on any atom is -0.465 e. The van der Waals surface area contributed by atoms with E-state index < -0.39 is 21.9 Å². The van der Waals surface area contributed by atoms with Crippen molar-refractivity contribution in [3.8, 4) is 0 Å². The molecule has 10 heteroatoms. The van der Waals surface area contributed by atoms with Crippen molar-refractivity contribution in [2.45, 2.75) is 25.2 Å². The van der Waals surface area contributed by atoms with E-state index in [1.54, 1.807) is 42.5 Å². The van der Waals surface area contributed by atoms with Crippen LogP contribution in [0.2, 0.25) is 0 Å². The number of nitrogens with one attached hydrogen (secondary N) is 1. The summed E-state index contributed by atoms with van der Waals surface area (Å²) in [5.41, 5.74) is 4.08. The first-order chi connectivity index (χ1) is 19.7. The van der Waals surface area contributed by atoms with E-state index in [4.69, 9.17) is 9.73 Å². The molecular formula is C31H34N4O5S. The lowest BCUT2D eigenvalue weighted by molar-refractivity contribution is -0.115. The molecule has 0 bridgehead atoms. The van der Waals surface area contributed by atoms with Gasteiger partial charge in [-0.15, -0.1) is 0 Å². The minimum absolute atomic E-state index is 0.248. The second-order valence-corrected chi connectivity index (χ2v) is 12.2. The van der Waals surface area contributed by atoms with Crippen LogP contribution in [0.25, 0.3) is 0 Å². The SMILES string of the molecule is COC(=O)c1ccc2c(c1)NC(=O)C2C(=Nc1ccc(N(CCN2CCCCC2)S(C)(=O)=O)cc1)c1ccccc1. The number of carbonyl (C=O) groups excluding carboxylic acids is 2. The smallest absolute Gasteiger partial charge is 0.337 e. The number of likely N-dealkylation sites (tertiary alicyclic amines) is 1. The molecule has 214 valence electrons. The number of fused-ring (bicyclic) bond motifs is 1. The molecule has 1 N–H and O–H groups in total. The minimum atomic E-state index is -3.48. The van der Waals surface area contributed by atoms with Gasteiger partial charge in [0.1, 0.15) is 5.92 Å². The Labute approximate surface area is 240 Å². The van der Waals surface area contributed by atoms with Gasteiger partial charge in [-0.3, -0.25) is 14.1 Å². The Morgan fingerprint density at radius 3 is 2.37 bits per heavy atom. The molecule has 3 aromatic carbocycles. The van der Waals surface area contributed by atoms with E-state index in [9.17, 15) is 18.0 Å². The van der Waals surface area contributed by atoms with Gasteiger partial charge in [-0.2, -0.15) is 0 Å². The van der Waals surface area contributed by atoms with E-state index in [1.165, 1.54) is 24.1 Å². The summed E-state index contributed by atoms with van der Waals surface area (Å²) in [6.07, 6.45) is 4.74. The Balaban J connectivity index is 1.46. The van der Waals surface area contributed by atoms with Gasteiger partial charge in [0.05, 0.1) is 36.0 Å². The number of carbonyl (C=O) groups is 2. The Bertz CT molecular complexity index is 1550. The molecule has 0 saturated carbocycles. The molecule has 5 rings (SSSR count). The highest BCUT2D eigenvalue weighted by molar-refractivity contribution is 7.92. The van der Waals surface area contributed by atoms with Crippen molar-refractivity contribution < 1.29 is 22.7 Å². The molecule has 0 aromatic heterocycles. The van der Waals surface area contributed by atoms with E-state index in [-0.39, 0.29) is 5.91 Å². The Morgan fingerprint density at radius 1 is 1.00 bits per heavy atom. The molecule has 1 amide bonds. The van der Waals surface area contributed by atoms with Crippen LogP contribution in [-0.2, 0) is 19.6 Å². The number of hydrogen-bond donors (Lipinski definition) is 1.